The van der Waals surface area contributed by atoms with Gasteiger partial charge >= 0.3 is 0 Å². The first-order valence-electron chi connectivity index (χ1n) is 13.8. The van der Waals surface area contributed by atoms with Crippen LogP contribution in [0.25, 0.3) is 71.8 Å². The largest absolute Gasteiger partial charge is 0.344 e. The van der Waals surface area contributed by atoms with Crippen molar-refractivity contribution < 1.29 is 0 Å². The molecule has 0 amide bonds. The third-order valence-corrected chi connectivity index (χ3v) is 8.55. The summed E-state index contributed by atoms with van der Waals surface area (Å²) in [6.07, 6.45) is 0. The van der Waals surface area contributed by atoms with Gasteiger partial charge < -0.3 is 13.7 Å². The number of hydrogen-bond donors (Lipinski definition) is 0. The lowest BCUT2D eigenvalue weighted by Gasteiger charge is -2.09. The molecular weight excluding hydrogens is 486 g/mol. The Balaban J connectivity index is 1.41. The van der Waals surface area contributed by atoms with E-state index in [0.29, 0.717) is 0 Å². The lowest BCUT2D eigenvalue weighted by Crippen LogP contribution is -1.94. The van der Waals surface area contributed by atoms with Gasteiger partial charge in [-0.05, 0) is 78.7 Å². The zero-order chi connectivity index (χ0) is 27.0. The molecule has 3 aromatic heterocycles. The van der Waals surface area contributed by atoms with Gasteiger partial charge in [0.25, 0.3) is 0 Å². The summed E-state index contributed by atoms with van der Waals surface area (Å²) in [7, 11) is 4.32. The average molecular weight is 516 g/mol. The van der Waals surface area contributed by atoms with Gasteiger partial charge in [-0.25, -0.2) is 0 Å². The average Bonchev–Trinajstić information content (AvgIpc) is 3.62. The van der Waals surface area contributed by atoms with Gasteiger partial charge in [-0.2, -0.15) is 0 Å². The molecule has 0 aliphatic heterocycles. The number of benzene rings is 5. The summed E-state index contributed by atoms with van der Waals surface area (Å²) >= 11 is 0. The maximum absolute atomic E-state index is 2.40. The van der Waals surface area contributed by atoms with E-state index in [-0.39, 0.29) is 0 Å². The van der Waals surface area contributed by atoms with E-state index in [0.717, 1.165) is 0 Å². The summed E-state index contributed by atoms with van der Waals surface area (Å²) < 4.78 is 7.01. The summed E-state index contributed by atoms with van der Waals surface area (Å²) in [5, 5.41) is 5.05. The molecule has 0 saturated carbocycles. The van der Waals surface area contributed by atoms with Crippen molar-refractivity contribution in [3.63, 3.8) is 0 Å². The highest BCUT2D eigenvalue weighted by atomic mass is 15.0. The van der Waals surface area contributed by atoms with Crippen LogP contribution in [0.3, 0.4) is 0 Å². The van der Waals surface area contributed by atoms with Crippen LogP contribution in [0.15, 0.2) is 121 Å². The summed E-state index contributed by atoms with van der Waals surface area (Å²) in [5.41, 5.74) is 12.3. The highest BCUT2D eigenvalue weighted by molar-refractivity contribution is 6.12. The first-order chi connectivity index (χ1) is 19.6. The van der Waals surface area contributed by atoms with Crippen molar-refractivity contribution in [2.45, 2.75) is 6.92 Å². The number of rotatable bonds is 3. The van der Waals surface area contributed by atoms with E-state index in [1.807, 2.05) is 0 Å². The van der Waals surface area contributed by atoms with Crippen molar-refractivity contribution in [1.29, 1.82) is 0 Å². The molecule has 5 aromatic carbocycles. The summed E-state index contributed by atoms with van der Waals surface area (Å²) in [6, 6.07) is 44.5. The molecule has 8 rings (SSSR count). The molecule has 3 heteroatoms. The fourth-order valence-electron chi connectivity index (χ4n) is 6.45. The maximum atomic E-state index is 2.40. The Bertz CT molecular complexity index is 2100. The molecule has 0 fully saturated rings. The normalized spacial score (nSPS) is 11.9. The zero-order valence-electron chi connectivity index (χ0n) is 22.9. The van der Waals surface area contributed by atoms with Gasteiger partial charge in [0.15, 0.2) is 0 Å². The Kier molecular flexibility index (Phi) is 4.86. The Hall–Kier alpha value is -5.02. The number of aromatic nitrogens is 3. The molecule has 0 atom stereocenters. The molecule has 0 bridgehead atoms. The Morgan fingerprint density at radius 1 is 0.450 bits per heavy atom. The summed E-state index contributed by atoms with van der Waals surface area (Å²) in [4.78, 5) is 0. The molecule has 0 aliphatic carbocycles. The van der Waals surface area contributed by atoms with Crippen molar-refractivity contribution >= 4 is 43.6 Å². The Morgan fingerprint density at radius 3 is 1.40 bits per heavy atom. The van der Waals surface area contributed by atoms with E-state index in [4.69, 9.17) is 0 Å². The van der Waals surface area contributed by atoms with Crippen LogP contribution in [0.4, 0.5) is 0 Å². The number of hydrogen-bond acceptors (Lipinski definition) is 0. The van der Waals surface area contributed by atoms with Gasteiger partial charge in [-0.15, -0.1) is 0 Å². The highest BCUT2D eigenvalue weighted by Gasteiger charge is 2.17. The number of aryl methyl sites for hydroxylation is 3. The highest BCUT2D eigenvalue weighted by Crippen LogP contribution is 2.38. The minimum absolute atomic E-state index is 1.18. The second-order valence-electron chi connectivity index (χ2n) is 10.9. The third kappa shape index (κ3) is 3.31. The predicted octanol–water partition coefficient (Wildman–Crippen LogP) is 9.41. The molecule has 40 heavy (non-hydrogen) atoms. The van der Waals surface area contributed by atoms with Crippen LogP contribution in [-0.2, 0) is 14.1 Å². The molecule has 0 aliphatic rings. The molecule has 3 nitrogen and oxygen atoms in total. The molecule has 0 spiro atoms. The van der Waals surface area contributed by atoms with Crippen LogP contribution in [0, 0.1) is 6.92 Å². The van der Waals surface area contributed by atoms with Crippen molar-refractivity contribution in [1.82, 2.24) is 13.7 Å². The first-order valence-corrected chi connectivity index (χ1v) is 13.8. The topological polar surface area (TPSA) is 14.8 Å². The van der Waals surface area contributed by atoms with Crippen LogP contribution in [0.5, 0.6) is 0 Å². The minimum Gasteiger partial charge on any atom is -0.344 e. The predicted molar refractivity (Wildman–Crippen MR) is 169 cm³/mol. The molecule has 192 valence electrons. The smallest absolute Gasteiger partial charge is 0.0541 e. The molecule has 3 heterocycles. The molecule has 0 unspecified atom stereocenters. The number of fused-ring (bicyclic) bond motifs is 5. The van der Waals surface area contributed by atoms with Gasteiger partial charge in [0, 0.05) is 63.7 Å². The minimum atomic E-state index is 1.18. The fraction of sp³-hybridized carbons (Fsp3) is 0.0811. The fourth-order valence-corrected chi connectivity index (χ4v) is 6.45. The van der Waals surface area contributed by atoms with Gasteiger partial charge in [0.1, 0.15) is 0 Å². The van der Waals surface area contributed by atoms with E-state index in [2.05, 4.69) is 156 Å². The summed E-state index contributed by atoms with van der Waals surface area (Å²) in [5.74, 6) is 0. The van der Waals surface area contributed by atoms with Gasteiger partial charge in [0.05, 0.1) is 11.0 Å². The summed E-state index contributed by atoms with van der Waals surface area (Å²) in [6.45, 7) is 2.14. The molecule has 0 radical (unpaired) electrons. The first kappa shape index (κ1) is 22.9. The van der Waals surface area contributed by atoms with E-state index in [1.54, 1.807) is 0 Å². The van der Waals surface area contributed by atoms with E-state index in [9.17, 15) is 0 Å². The molecule has 8 aromatic rings. The second-order valence-corrected chi connectivity index (χ2v) is 10.9. The van der Waals surface area contributed by atoms with Crippen LogP contribution in [-0.4, -0.2) is 13.7 Å². The van der Waals surface area contributed by atoms with E-state index < -0.39 is 0 Å². The monoisotopic (exact) mass is 515 g/mol. The SMILES string of the molecule is Cc1ccc(-n2c3ccc(-c4cc5ccccc5n4C)cc3c3cc(-c4cc5ccccc5n4C)ccc32)cc1. The van der Waals surface area contributed by atoms with Crippen LogP contribution >= 0.6 is 0 Å². The van der Waals surface area contributed by atoms with E-state index >= 15 is 0 Å². The van der Waals surface area contributed by atoms with E-state index in [1.165, 1.54) is 77.4 Å². The zero-order valence-corrected chi connectivity index (χ0v) is 22.9. The van der Waals surface area contributed by atoms with Crippen LogP contribution < -0.4 is 0 Å². The Labute approximate surface area is 233 Å². The van der Waals surface area contributed by atoms with Crippen molar-refractivity contribution in [3.8, 4) is 28.2 Å². The van der Waals surface area contributed by atoms with Crippen molar-refractivity contribution in [2.24, 2.45) is 14.1 Å². The van der Waals surface area contributed by atoms with Crippen LogP contribution in [0.2, 0.25) is 0 Å². The number of nitrogens with zero attached hydrogens (tertiary/aromatic N) is 3. The van der Waals surface area contributed by atoms with Gasteiger partial charge in [0.2, 0.25) is 0 Å². The maximum Gasteiger partial charge on any atom is 0.0541 e. The Morgan fingerprint density at radius 2 is 0.925 bits per heavy atom. The van der Waals surface area contributed by atoms with Gasteiger partial charge in [-0.1, -0.05) is 66.2 Å². The molecular formula is C37H29N3. The number of para-hydroxylation sites is 2. The van der Waals surface area contributed by atoms with Crippen molar-refractivity contribution in [2.75, 3.05) is 0 Å². The molecule has 0 saturated heterocycles. The van der Waals surface area contributed by atoms with Crippen molar-refractivity contribution in [3.05, 3.63) is 127 Å². The lowest BCUT2D eigenvalue weighted by molar-refractivity contribution is 0.978. The van der Waals surface area contributed by atoms with Gasteiger partial charge in [-0.3, -0.25) is 0 Å². The van der Waals surface area contributed by atoms with Crippen LogP contribution in [0.1, 0.15) is 5.56 Å². The quantitative estimate of drug-likeness (QED) is 0.223. The molecule has 0 N–H and O–H groups in total. The standard InChI is InChI=1S/C37H29N3/c1-24-12-16-29(17-13-24)40-34-18-14-27(36-22-25-8-4-6-10-32(25)38(36)2)20-30(34)31-21-28(15-19-35(31)40)37-23-26-9-5-7-11-33(26)39(37)3/h4-23H,1-3H3. The third-order valence-electron chi connectivity index (χ3n) is 8.55. The lowest BCUT2D eigenvalue weighted by atomic mass is 10.0. The second kappa shape index (κ2) is 8.49.